The van der Waals surface area contributed by atoms with Crippen LogP contribution in [0.4, 0.5) is 20.7 Å². The molecule has 0 fully saturated rings. The van der Waals surface area contributed by atoms with Crippen LogP contribution in [0.15, 0.2) is 35.6 Å². The molecule has 0 atom stereocenters. The lowest BCUT2D eigenvalue weighted by Crippen LogP contribution is -2.23. The zero-order valence-electron chi connectivity index (χ0n) is 13.0. The summed E-state index contributed by atoms with van der Waals surface area (Å²) >= 11 is 1.24. The summed E-state index contributed by atoms with van der Waals surface area (Å²) in [5.74, 6) is -1.25. The smallest absolute Gasteiger partial charge is 0.343 e. The third-order valence-electron chi connectivity index (χ3n) is 2.80. The second kappa shape index (κ2) is 8.25. The van der Waals surface area contributed by atoms with Crippen LogP contribution < -0.4 is 10.6 Å². The maximum Gasteiger partial charge on any atom is 0.343 e. The zero-order chi connectivity index (χ0) is 17.5. The minimum absolute atomic E-state index is 0.00632. The Morgan fingerprint density at radius 2 is 2.04 bits per heavy atom. The van der Waals surface area contributed by atoms with Gasteiger partial charge in [0.05, 0.1) is 12.3 Å². The molecule has 2 amide bonds. The van der Waals surface area contributed by atoms with Gasteiger partial charge in [-0.15, -0.1) is 0 Å². The van der Waals surface area contributed by atoms with E-state index in [2.05, 4.69) is 20.6 Å². The number of carbonyl (C=O) groups excluding carboxylic acids is 2. The lowest BCUT2D eigenvalue weighted by Gasteiger charge is -2.11. The van der Waals surface area contributed by atoms with Gasteiger partial charge < -0.3 is 10.1 Å². The van der Waals surface area contributed by atoms with E-state index < -0.39 is 17.8 Å². The molecule has 0 radical (unpaired) electrons. The molecule has 0 unspecified atom stereocenters. The molecule has 9 heteroatoms. The summed E-state index contributed by atoms with van der Waals surface area (Å²) in [4.78, 5) is 32.0. The van der Waals surface area contributed by atoms with E-state index in [4.69, 9.17) is 4.74 Å². The van der Waals surface area contributed by atoms with Crippen molar-refractivity contribution in [1.29, 1.82) is 0 Å². The first-order chi connectivity index (χ1) is 11.5. The number of carbonyl (C=O) groups is 2. The summed E-state index contributed by atoms with van der Waals surface area (Å²) < 4.78 is 18.5. The number of benzene rings is 1. The molecule has 2 N–H and O–H groups in total. The van der Waals surface area contributed by atoms with Crippen molar-refractivity contribution in [3.8, 4) is 0 Å². The Balaban J connectivity index is 2.22. The van der Waals surface area contributed by atoms with Crippen LogP contribution in [0.2, 0.25) is 0 Å². The Morgan fingerprint density at radius 3 is 2.71 bits per heavy atom. The molecular formula is C15H15FN4O3S. The highest BCUT2D eigenvalue weighted by Crippen LogP contribution is 2.19. The number of para-hydroxylation sites is 1. The molecule has 0 spiro atoms. The summed E-state index contributed by atoms with van der Waals surface area (Å²) in [5.41, 5.74) is 0.0187. The molecule has 0 saturated carbocycles. The number of thioether (sulfide) groups is 1. The van der Waals surface area contributed by atoms with Crippen molar-refractivity contribution in [3.63, 3.8) is 0 Å². The van der Waals surface area contributed by atoms with E-state index in [1.165, 1.54) is 36.2 Å². The predicted octanol–water partition coefficient (Wildman–Crippen LogP) is 3.16. The Hall–Kier alpha value is -2.68. The highest BCUT2D eigenvalue weighted by atomic mass is 32.2. The summed E-state index contributed by atoms with van der Waals surface area (Å²) in [6.07, 6.45) is 3.03. The van der Waals surface area contributed by atoms with Crippen molar-refractivity contribution in [2.45, 2.75) is 12.1 Å². The topological polar surface area (TPSA) is 93.2 Å². The van der Waals surface area contributed by atoms with Gasteiger partial charge in [-0.05, 0) is 25.3 Å². The van der Waals surface area contributed by atoms with E-state index in [1.807, 2.05) is 0 Å². The lowest BCUT2D eigenvalue weighted by molar-refractivity contribution is 0.0526. The van der Waals surface area contributed by atoms with Crippen molar-refractivity contribution < 1.29 is 18.7 Å². The number of rotatable bonds is 5. The number of hydrogen-bond donors (Lipinski definition) is 2. The van der Waals surface area contributed by atoms with Crippen LogP contribution >= 0.6 is 11.8 Å². The number of nitrogens with zero attached hydrogens (tertiary/aromatic N) is 2. The van der Waals surface area contributed by atoms with Gasteiger partial charge in [-0.3, -0.25) is 5.32 Å². The van der Waals surface area contributed by atoms with Gasteiger partial charge in [0.15, 0.2) is 11.0 Å². The van der Waals surface area contributed by atoms with Gasteiger partial charge in [0, 0.05) is 6.20 Å². The largest absolute Gasteiger partial charge is 0.462 e. The van der Waals surface area contributed by atoms with Crippen LogP contribution in [0.3, 0.4) is 0 Å². The zero-order valence-corrected chi connectivity index (χ0v) is 13.8. The van der Waals surface area contributed by atoms with Crippen LogP contribution in [-0.4, -0.2) is 34.8 Å². The van der Waals surface area contributed by atoms with Crippen LogP contribution in [0, 0.1) is 5.82 Å². The van der Waals surface area contributed by atoms with Gasteiger partial charge in [0.1, 0.15) is 11.4 Å². The second-order valence-corrected chi connectivity index (χ2v) is 5.17. The van der Waals surface area contributed by atoms with Gasteiger partial charge >= 0.3 is 12.0 Å². The van der Waals surface area contributed by atoms with Gasteiger partial charge in [0.2, 0.25) is 0 Å². The number of amides is 2. The van der Waals surface area contributed by atoms with E-state index in [-0.39, 0.29) is 23.7 Å². The first-order valence-electron chi connectivity index (χ1n) is 6.95. The Kier molecular flexibility index (Phi) is 6.07. The fraction of sp³-hybridized carbons (Fsp3) is 0.200. The third kappa shape index (κ3) is 4.42. The molecule has 0 aliphatic heterocycles. The van der Waals surface area contributed by atoms with Gasteiger partial charge in [-0.2, -0.15) is 0 Å². The van der Waals surface area contributed by atoms with E-state index in [1.54, 1.807) is 19.2 Å². The average molecular weight is 350 g/mol. The van der Waals surface area contributed by atoms with Crippen molar-refractivity contribution in [2.24, 2.45) is 0 Å². The van der Waals surface area contributed by atoms with Crippen LogP contribution in [-0.2, 0) is 4.74 Å². The van der Waals surface area contributed by atoms with E-state index in [0.29, 0.717) is 5.16 Å². The van der Waals surface area contributed by atoms with Crippen LogP contribution in [0.1, 0.15) is 17.3 Å². The number of urea groups is 1. The molecular weight excluding hydrogens is 335 g/mol. The average Bonchev–Trinajstić information content (AvgIpc) is 2.57. The third-order valence-corrected chi connectivity index (χ3v) is 3.36. The molecule has 0 bridgehead atoms. The normalized spacial score (nSPS) is 10.1. The highest BCUT2D eigenvalue weighted by Gasteiger charge is 2.18. The molecule has 0 saturated heterocycles. The second-order valence-electron chi connectivity index (χ2n) is 4.40. The van der Waals surface area contributed by atoms with Crippen LogP contribution in [0.5, 0.6) is 0 Å². The summed E-state index contributed by atoms with van der Waals surface area (Å²) in [6.45, 7) is 1.83. The predicted molar refractivity (Wildman–Crippen MR) is 88.8 cm³/mol. The van der Waals surface area contributed by atoms with Crippen molar-refractivity contribution in [3.05, 3.63) is 41.8 Å². The molecule has 2 rings (SSSR count). The number of esters is 1. The maximum atomic E-state index is 13.6. The molecule has 2 aromatic rings. The molecule has 7 nitrogen and oxygen atoms in total. The SMILES string of the molecule is CCOC(=O)c1cnc(SC)nc1NC(=O)Nc1ccccc1F. The molecule has 1 aromatic heterocycles. The monoisotopic (exact) mass is 350 g/mol. The summed E-state index contributed by atoms with van der Waals surface area (Å²) in [5, 5.41) is 5.13. The Morgan fingerprint density at radius 1 is 1.29 bits per heavy atom. The quantitative estimate of drug-likeness (QED) is 0.489. The summed E-state index contributed by atoms with van der Waals surface area (Å²) in [6, 6.07) is 4.98. The molecule has 24 heavy (non-hydrogen) atoms. The first kappa shape index (κ1) is 17.7. The number of hydrogen-bond acceptors (Lipinski definition) is 6. The van der Waals surface area contributed by atoms with Crippen molar-refractivity contribution >= 4 is 35.3 Å². The molecule has 1 heterocycles. The minimum Gasteiger partial charge on any atom is -0.462 e. The van der Waals surface area contributed by atoms with Gasteiger partial charge in [0.25, 0.3) is 0 Å². The van der Waals surface area contributed by atoms with Gasteiger partial charge in [-0.1, -0.05) is 23.9 Å². The lowest BCUT2D eigenvalue weighted by atomic mass is 10.3. The van der Waals surface area contributed by atoms with Gasteiger partial charge in [-0.25, -0.2) is 23.9 Å². The molecule has 126 valence electrons. The number of ether oxygens (including phenoxy) is 1. The van der Waals surface area contributed by atoms with E-state index >= 15 is 0 Å². The van der Waals surface area contributed by atoms with Crippen molar-refractivity contribution in [1.82, 2.24) is 9.97 Å². The molecule has 0 aliphatic carbocycles. The Bertz CT molecular complexity index is 757. The van der Waals surface area contributed by atoms with Crippen LogP contribution in [0.25, 0.3) is 0 Å². The standard InChI is InChI=1S/C15H15FN4O3S/c1-3-23-13(21)9-8-17-15(24-2)20-12(9)19-14(22)18-11-7-5-4-6-10(11)16/h4-8H,3H2,1-2H3,(H2,17,18,19,20,22). The van der Waals surface area contributed by atoms with E-state index in [9.17, 15) is 14.0 Å². The highest BCUT2D eigenvalue weighted by molar-refractivity contribution is 7.98. The molecule has 0 aliphatic rings. The number of anilines is 2. The summed E-state index contributed by atoms with van der Waals surface area (Å²) in [7, 11) is 0. The fourth-order valence-electron chi connectivity index (χ4n) is 1.74. The van der Waals surface area contributed by atoms with Crippen molar-refractivity contribution in [2.75, 3.05) is 23.5 Å². The number of aromatic nitrogens is 2. The Labute approximate surface area is 142 Å². The maximum absolute atomic E-state index is 13.6. The molecule has 1 aromatic carbocycles. The fourth-order valence-corrected chi connectivity index (χ4v) is 2.08. The number of halogens is 1. The minimum atomic E-state index is -0.739. The van der Waals surface area contributed by atoms with E-state index in [0.717, 1.165) is 0 Å². The number of nitrogens with one attached hydrogen (secondary N) is 2. The first-order valence-corrected chi connectivity index (χ1v) is 8.18.